The third-order valence-corrected chi connectivity index (χ3v) is 4.62. The Kier molecular flexibility index (Phi) is 3.94. The van der Waals surface area contributed by atoms with Gasteiger partial charge < -0.3 is 9.88 Å². The van der Waals surface area contributed by atoms with Gasteiger partial charge in [0.1, 0.15) is 5.82 Å². The second-order valence-corrected chi connectivity index (χ2v) is 6.25. The van der Waals surface area contributed by atoms with E-state index in [4.69, 9.17) is 0 Å². The highest BCUT2D eigenvalue weighted by Crippen LogP contribution is 2.30. The summed E-state index contributed by atoms with van der Waals surface area (Å²) in [5.41, 5.74) is 3.96. The van der Waals surface area contributed by atoms with Crippen LogP contribution in [-0.2, 0) is 13.0 Å². The number of hydrogen-bond donors (Lipinski definition) is 1. The van der Waals surface area contributed by atoms with Gasteiger partial charge in [0.05, 0.1) is 4.47 Å². The fourth-order valence-corrected chi connectivity index (χ4v) is 3.41. The maximum Gasteiger partial charge on any atom is 0.137 e. The van der Waals surface area contributed by atoms with Crippen LogP contribution < -0.4 is 5.32 Å². The predicted octanol–water partition coefficient (Wildman–Crippen LogP) is 4.03. The molecule has 3 rings (SSSR count). The average molecular weight is 337 g/mol. The highest BCUT2D eigenvalue weighted by atomic mass is 79.9. The van der Waals surface area contributed by atoms with E-state index in [0.717, 1.165) is 18.5 Å². The quantitative estimate of drug-likeness (QED) is 0.895. The smallest absolute Gasteiger partial charge is 0.137 e. The molecule has 0 bridgehead atoms. The highest BCUT2D eigenvalue weighted by molar-refractivity contribution is 9.10. The van der Waals surface area contributed by atoms with E-state index in [-0.39, 0.29) is 5.82 Å². The molecule has 1 N–H and O–H groups in total. The van der Waals surface area contributed by atoms with Crippen LogP contribution in [-0.4, -0.2) is 11.6 Å². The maximum atomic E-state index is 13.3. The molecule has 0 saturated carbocycles. The zero-order valence-corrected chi connectivity index (χ0v) is 13.1. The summed E-state index contributed by atoms with van der Waals surface area (Å²) in [4.78, 5) is 0. The van der Waals surface area contributed by atoms with Crippen molar-refractivity contribution in [2.45, 2.75) is 31.8 Å². The average Bonchev–Trinajstić information content (AvgIpc) is 2.85. The van der Waals surface area contributed by atoms with E-state index in [1.165, 1.54) is 30.0 Å². The summed E-state index contributed by atoms with van der Waals surface area (Å²) >= 11 is 3.24. The number of rotatable bonds is 3. The van der Waals surface area contributed by atoms with E-state index in [2.05, 4.69) is 38.2 Å². The fraction of sp³-hybridized carbons (Fsp3) is 0.375. The molecule has 1 aliphatic carbocycles. The number of nitrogens with one attached hydrogen (secondary N) is 1. The molecule has 2 nitrogen and oxygen atoms in total. The molecule has 4 heteroatoms. The Labute approximate surface area is 127 Å². The van der Waals surface area contributed by atoms with Crippen molar-refractivity contribution in [2.75, 3.05) is 7.05 Å². The van der Waals surface area contributed by atoms with Gasteiger partial charge in [-0.2, -0.15) is 0 Å². The van der Waals surface area contributed by atoms with Crippen LogP contribution in [0.3, 0.4) is 0 Å². The van der Waals surface area contributed by atoms with Gasteiger partial charge >= 0.3 is 0 Å². The molecule has 1 aromatic heterocycles. The molecule has 20 heavy (non-hydrogen) atoms. The van der Waals surface area contributed by atoms with E-state index < -0.39 is 0 Å². The lowest BCUT2D eigenvalue weighted by molar-refractivity contribution is 0.498. The van der Waals surface area contributed by atoms with Crippen molar-refractivity contribution in [3.63, 3.8) is 0 Å². The Morgan fingerprint density at radius 3 is 3.00 bits per heavy atom. The van der Waals surface area contributed by atoms with E-state index in [0.29, 0.717) is 10.5 Å². The molecule has 1 heterocycles. The first-order valence-corrected chi connectivity index (χ1v) is 7.76. The third kappa shape index (κ3) is 2.67. The predicted molar refractivity (Wildman–Crippen MR) is 82.4 cm³/mol. The van der Waals surface area contributed by atoms with Crippen molar-refractivity contribution in [1.29, 1.82) is 0 Å². The lowest BCUT2D eigenvalue weighted by Crippen LogP contribution is -2.20. The second-order valence-electron chi connectivity index (χ2n) is 5.39. The standard InChI is InChI=1S/C16H18BrFN2/c1-19-16-4-2-3-12-9-20(10-13(12)16)8-11-5-6-15(18)14(17)7-11/h5-7,9-10,16,19H,2-4,8H2,1H3. The largest absolute Gasteiger partial charge is 0.349 e. The van der Waals surface area contributed by atoms with Gasteiger partial charge in [-0.3, -0.25) is 0 Å². The van der Waals surface area contributed by atoms with E-state index in [1.807, 2.05) is 19.2 Å². The van der Waals surface area contributed by atoms with Crippen molar-refractivity contribution in [3.05, 3.63) is 57.6 Å². The monoisotopic (exact) mass is 336 g/mol. The van der Waals surface area contributed by atoms with Gasteiger partial charge in [-0.15, -0.1) is 0 Å². The third-order valence-electron chi connectivity index (χ3n) is 4.01. The number of halogens is 2. The Hall–Kier alpha value is -1.13. The zero-order chi connectivity index (χ0) is 14.1. The minimum atomic E-state index is -0.212. The molecule has 1 atom stereocenters. The zero-order valence-electron chi connectivity index (χ0n) is 11.5. The molecular formula is C16H18BrFN2. The summed E-state index contributed by atoms with van der Waals surface area (Å²) in [5, 5.41) is 3.38. The van der Waals surface area contributed by atoms with Crippen LogP contribution in [0.4, 0.5) is 4.39 Å². The molecule has 0 amide bonds. The molecule has 1 aromatic carbocycles. The van der Waals surface area contributed by atoms with Crippen LogP contribution in [0.1, 0.15) is 35.6 Å². The van der Waals surface area contributed by atoms with Crippen LogP contribution in [0.25, 0.3) is 0 Å². The maximum absolute atomic E-state index is 13.3. The van der Waals surface area contributed by atoms with E-state index >= 15 is 0 Å². The van der Waals surface area contributed by atoms with Crippen molar-refractivity contribution in [2.24, 2.45) is 0 Å². The van der Waals surface area contributed by atoms with Crippen LogP contribution in [0.5, 0.6) is 0 Å². The van der Waals surface area contributed by atoms with Gasteiger partial charge in [-0.1, -0.05) is 6.07 Å². The molecule has 1 aliphatic rings. The SMILES string of the molecule is CNC1CCCc2cn(Cc3ccc(F)c(Br)c3)cc21. The molecule has 0 radical (unpaired) electrons. The van der Waals surface area contributed by atoms with Crippen molar-refractivity contribution in [1.82, 2.24) is 9.88 Å². The van der Waals surface area contributed by atoms with Crippen molar-refractivity contribution < 1.29 is 4.39 Å². The van der Waals surface area contributed by atoms with Gasteiger partial charge in [-0.05, 0) is 71.1 Å². The van der Waals surface area contributed by atoms with Crippen LogP contribution in [0.2, 0.25) is 0 Å². The summed E-state index contributed by atoms with van der Waals surface area (Å²) in [5.74, 6) is -0.212. The van der Waals surface area contributed by atoms with Crippen LogP contribution in [0, 0.1) is 5.82 Å². The minimum absolute atomic E-state index is 0.212. The summed E-state index contributed by atoms with van der Waals surface area (Å²) in [6.45, 7) is 0.780. The Balaban J connectivity index is 1.84. The van der Waals surface area contributed by atoms with Gasteiger partial charge in [0.2, 0.25) is 0 Å². The van der Waals surface area contributed by atoms with Gasteiger partial charge in [0.15, 0.2) is 0 Å². The molecule has 0 spiro atoms. The molecular weight excluding hydrogens is 319 g/mol. The van der Waals surface area contributed by atoms with Gasteiger partial charge in [0, 0.05) is 25.0 Å². The van der Waals surface area contributed by atoms with Gasteiger partial charge in [-0.25, -0.2) is 4.39 Å². The van der Waals surface area contributed by atoms with Crippen molar-refractivity contribution in [3.8, 4) is 0 Å². The number of aromatic nitrogens is 1. The summed E-state index contributed by atoms with van der Waals surface area (Å²) in [6, 6.07) is 5.68. The Bertz CT molecular complexity index is 621. The summed E-state index contributed by atoms with van der Waals surface area (Å²) < 4.78 is 16.0. The molecule has 0 saturated heterocycles. The minimum Gasteiger partial charge on any atom is -0.349 e. The number of aryl methyl sites for hydroxylation is 1. The van der Waals surface area contributed by atoms with Crippen molar-refractivity contribution >= 4 is 15.9 Å². The Morgan fingerprint density at radius 2 is 2.25 bits per heavy atom. The van der Waals surface area contributed by atoms with Crippen LogP contribution in [0.15, 0.2) is 35.1 Å². The lowest BCUT2D eigenvalue weighted by Gasteiger charge is -2.21. The molecule has 2 aromatic rings. The number of benzene rings is 1. The lowest BCUT2D eigenvalue weighted by atomic mass is 9.91. The molecule has 0 fully saturated rings. The molecule has 0 aliphatic heterocycles. The molecule has 106 valence electrons. The van der Waals surface area contributed by atoms with Crippen LogP contribution >= 0.6 is 15.9 Å². The normalized spacial score (nSPS) is 18.1. The number of fused-ring (bicyclic) bond motifs is 1. The topological polar surface area (TPSA) is 17.0 Å². The first-order chi connectivity index (χ1) is 9.67. The van der Waals surface area contributed by atoms with Gasteiger partial charge in [0.25, 0.3) is 0 Å². The number of hydrogen-bond acceptors (Lipinski definition) is 1. The fourth-order valence-electron chi connectivity index (χ4n) is 2.99. The van der Waals surface area contributed by atoms with E-state index in [9.17, 15) is 4.39 Å². The summed E-state index contributed by atoms with van der Waals surface area (Å²) in [7, 11) is 2.02. The highest BCUT2D eigenvalue weighted by Gasteiger charge is 2.20. The molecule has 1 unspecified atom stereocenters. The number of nitrogens with zero attached hydrogens (tertiary/aromatic N) is 1. The second kappa shape index (κ2) is 5.70. The first-order valence-electron chi connectivity index (χ1n) is 6.97. The first kappa shape index (κ1) is 13.8. The van der Waals surface area contributed by atoms with E-state index in [1.54, 1.807) is 0 Å². The Morgan fingerprint density at radius 1 is 1.40 bits per heavy atom. The summed E-state index contributed by atoms with van der Waals surface area (Å²) in [6.07, 6.45) is 8.07.